The number of nitrogens with two attached hydrogens (primary N) is 1. The minimum absolute atomic E-state index is 0.00748. The van der Waals surface area contributed by atoms with Gasteiger partial charge in [0.25, 0.3) is 5.91 Å². The SMILES string of the molecule is C[C@@H](Oc1c(N)ncc2c(-c3ccc(C(=O)N4CCN(C)CC4)cc3)coc12)c1c(Cl)c(F)cc(F)c1Cl. The summed E-state index contributed by atoms with van der Waals surface area (Å²) in [5.74, 6) is -1.83. The van der Waals surface area contributed by atoms with Crippen molar-refractivity contribution in [3.63, 3.8) is 0 Å². The van der Waals surface area contributed by atoms with Gasteiger partial charge < -0.3 is 24.7 Å². The molecule has 1 aliphatic rings. The van der Waals surface area contributed by atoms with Crippen molar-refractivity contribution in [3.8, 4) is 16.9 Å². The molecule has 0 radical (unpaired) electrons. The van der Waals surface area contributed by atoms with Crippen molar-refractivity contribution >= 4 is 45.9 Å². The van der Waals surface area contributed by atoms with Crippen molar-refractivity contribution in [1.82, 2.24) is 14.8 Å². The van der Waals surface area contributed by atoms with Gasteiger partial charge in [-0.1, -0.05) is 35.3 Å². The molecule has 0 unspecified atom stereocenters. The molecule has 1 aliphatic heterocycles. The summed E-state index contributed by atoms with van der Waals surface area (Å²) >= 11 is 12.1. The van der Waals surface area contributed by atoms with Gasteiger partial charge in [0.05, 0.1) is 21.7 Å². The Bertz CT molecular complexity index is 1490. The number of piperazine rings is 1. The Morgan fingerprint density at radius 2 is 1.74 bits per heavy atom. The number of anilines is 1. The van der Waals surface area contributed by atoms with Gasteiger partial charge in [-0.15, -0.1) is 0 Å². The molecule has 38 heavy (non-hydrogen) atoms. The van der Waals surface area contributed by atoms with Crippen LogP contribution in [0.15, 0.2) is 47.2 Å². The summed E-state index contributed by atoms with van der Waals surface area (Å²) < 4.78 is 39.9. The first-order valence-corrected chi connectivity index (χ1v) is 12.6. The van der Waals surface area contributed by atoms with Crippen LogP contribution in [0.3, 0.4) is 0 Å². The van der Waals surface area contributed by atoms with Crippen molar-refractivity contribution in [3.05, 3.63) is 75.6 Å². The summed E-state index contributed by atoms with van der Waals surface area (Å²) in [5, 5.41) is -0.106. The van der Waals surface area contributed by atoms with Gasteiger partial charge in [-0.3, -0.25) is 4.79 Å². The van der Waals surface area contributed by atoms with E-state index in [1.54, 1.807) is 18.3 Å². The Balaban J connectivity index is 1.43. The van der Waals surface area contributed by atoms with Crippen LogP contribution in [0.25, 0.3) is 22.1 Å². The standard InChI is InChI=1S/C27H24Cl2F2N4O3/c1-14(21-22(28)19(30)11-20(31)23(21)29)38-25-24-17(12-33-26(25)32)18(13-37-24)15-3-5-16(6-4-15)27(36)35-9-7-34(2)8-10-35/h3-6,11-14H,7-10H2,1-2H3,(H2,32,33)/t14-/m1/s1. The normalized spacial score (nSPS) is 15.2. The predicted octanol–water partition coefficient (Wildman–Crippen LogP) is 6.19. The fourth-order valence-electron chi connectivity index (χ4n) is 4.49. The molecule has 1 amide bonds. The van der Waals surface area contributed by atoms with Gasteiger partial charge >= 0.3 is 0 Å². The first-order valence-electron chi connectivity index (χ1n) is 11.9. The number of nitrogen functional groups attached to an aromatic ring is 1. The summed E-state index contributed by atoms with van der Waals surface area (Å²) in [4.78, 5) is 21.2. The van der Waals surface area contributed by atoms with Gasteiger partial charge in [0, 0.05) is 55.1 Å². The molecule has 5 rings (SSSR count). The maximum Gasteiger partial charge on any atom is 0.253 e. The van der Waals surface area contributed by atoms with Crippen LogP contribution in [0.1, 0.15) is 28.9 Å². The van der Waals surface area contributed by atoms with Crippen LogP contribution < -0.4 is 10.5 Å². The molecule has 0 spiro atoms. The van der Waals surface area contributed by atoms with Gasteiger partial charge in [-0.2, -0.15) is 0 Å². The summed E-state index contributed by atoms with van der Waals surface area (Å²) in [6.45, 7) is 4.60. The molecule has 0 bridgehead atoms. The highest BCUT2D eigenvalue weighted by Crippen LogP contribution is 2.42. The lowest BCUT2D eigenvalue weighted by atomic mass is 10.0. The number of rotatable bonds is 5. The lowest BCUT2D eigenvalue weighted by Crippen LogP contribution is -2.47. The molecule has 4 aromatic rings. The van der Waals surface area contributed by atoms with E-state index in [-0.39, 0.29) is 33.1 Å². The van der Waals surface area contributed by atoms with Gasteiger partial charge in [0.15, 0.2) is 11.4 Å². The first kappa shape index (κ1) is 26.2. The van der Waals surface area contributed by atoms with E-state index in [0.29, 0.717) is 41.3 Å². The van der Waals surface area contributed by atoms with Crippen LogP contribution in [-0.2, 0) is 0 Å². The highest BCUT2D eigenvalue weighted by molar-refractivity contribution is 6.36. The maximum absolute atomic E-state index is 14.1. The molecule has 0 aliphatic carbocycles. The highest BCUT2D eigenvalue weighted by Gasteiger charge is 2.26. The Kier molecular flexibility index (Phi) is 7.17. The molecule has 1 atom stereocenters. The Morgan fingerprint density at radius 3 is 2.37 bits per heavy atom. The number of pyridine rings is 1. The molecule has 1 saturated heterocycles. The Labute approximate surface area is 227 Å². The molecule has 3 heterocycles. The first-order chi connectivity index (χ1) is 18.2. The monoisotopic (exact) mass is 560 g/mol. The number of likely N-dealkylation sites (N-methyl/N-ethyl adjacent to an activating group) is 1. The number of fused-ring (bicyclic) bond motifs is 1. The summed E-state index contributed by atoms with van der Waals surface area (Å²) in [7, 11) is 2.04. The highest BCUT2D eigenvalue weighted by atomic mass is 35.5. The van der Waals surface area contributed by atoms with Gasteiger partial charge in [0.2, 0.25) is 5.75 Å². The van der Waals surface area contributed by atoms with E-state index >= 15 is 0 Å². The number of benzene rings is 2. The zero-order valence-corrected chi connectivity index (χ0v) is 22.1. The van der Waals surface area contributed by atoms with Crippen molar-refractivity contribution in [2.45, 2.75) is 13.0 Å². The number of halogens is 4. The summed E-state index contributed by atoms with van der Waals surface area (Å²) in [6, 6.07) is 7.84. The van der Waals surface area contributed by atoms with Crippen molar-refractivity contribution < 1.29 is 22.7 Å². The van der Waals surface area contributed by atoms with Gasteiger partial charge in [-0.25, -0.2) is 13.8 Å². The fraction of sp³-hybridized carbons (Fsp3) is 0.259. The van der Waals surface area contributed by atoms with E-state index < -0.39 is 17.7 Å². The average Bonchev–Trinajstić information content (AvgIpc) is 3.34. The number of nitrogens with zero attached hydrogens (tertiary/aromatic N) is 3. The number of aromatic nitrogens is 1. The topological polar surface area (TPSA) is 84.8 Å². The number of carbonyl (C=O) groups excluding carboxylic acids is 1. The van der Waals surface area contributed by atoms with E-state index in [1.807, 2.05) is 24.1 Å². The molecule has 2 aromatic heterocycles. The molecular formula is C27H24Cl2F2N4O3. The zero-order valence-electron chi connectivity index (χ0n) is 20.6. The second-order valence-electron chi connectivity index (χ2n) is 9.18. The van der Waals surface area contributed by atoms with Crippen LogP contribution in [0.2, 0.25) is 10.0 Å². The number of ether oxygens (including phenoxy) is 1. The maximum atomic E-state index is 14.1. The lowest BCUT2D eigenvalue weighted by molar-refractivity contribution is 0.0664. The fourth-order valence-corrected chi connectivity index (χ4v) is 5.14. The molecule has 2 N–H and O–H groups in total. The van der Waals surface area contributed by atoms with Gasteiger partial charge in [-0.05, 0) is 31.7 Å². The minimum Gasteiger partial charge on any atom is -0.478 e. The van der Waals surface area contributed by atoms with Crippen LogP contribution in [0, 0.1) is 11.6 Å². The second-order valence-corrected chi connectivity index (χ2v) is 9.94. The van der Waals surface area contributed by atoms with Crippen LogP contribution in [0.5, 0.6) is 5.75 Å². The van der Waals surface area contributed by atoms with Crippen molar-refractivity contribution in [1.29, 1.82) is 0 Å². The van der Waals surface area contributed by atoms with Crippen LogP contribution >= 0.6 is 23.2 Å². The number of hydrogen-bond acceptors (Lipinski definition) is 6. The minimum atomic E-state index is -0.983. The zero-order chi connectivity index (χ0) is 27.1. The number of hydrogen-bond donors (Lipinski definition) is 1. The van der Waals surface area contributed by atoms with Crippen molar-refractivity contribution in [2.24, 2.45) is 0 Å². The van der Waals surface area contributed by atoms with E-state index in [1.165, 1.54) is 13.2 Å². The van der Waals surface area contributed by atoms with Crippen molar-refractivity contribution in [2.75, 3.05) is 39.0 Å². The molecule has 1 fully saturated rings. The van der Waals surface area contributed by atoms with E-state index in [4.69, 9.17) is 38.1 Å². The molecule has 7 nitrogen and oxygen atoms in total. The number of amides is 1. The van der Waals surface area contributed by atoms with Crippen LogP contribution in [0.4, 0.5) is 14.6 Å². The third-order valence-corrected chi connectivity index (χ3v) is 7.45. The Morgan fingerprint density at radius 1 is 1.11 bits per heavy atom. The number of carbonyl (C=O) groups is 1. The molecule has 198 valence electrons. The van der Waals surface area contributed by atoms with E-state index in [9.17, 15) is 13.6 Å². The quantitative estimate of drug-likeness (QED) is 0.293. The van der Waals surface area contributed by atoms with E-state index in [2.05, 4.69) is 9.88 Å². The van der Waals surface area contributed by atoms with E-state index in [0.717, 1.165) is 18.7 Å². The molecule has 2 aromatic carbocycles. The third kappa shape index (κ3) is 4.77. The van der Waals surface area contributed by atoms with Gasteiger partial charge in [0.1, 0.15) is 17.7 Å². The second kappa shape index (κ2) is 10.4. The molecular weight excluding hydrogens is 537 g/mol. The lowest BCUT2D eigenvalue weighted by Gasteiger charge is -2.32. The van der Waals surface area contributed by atoms with Crippen LogP contribution in [-0.4, -0.2) is 53.9 Å². The summed E-state index contributed by atoms with van der Waals surface area (Å²) in [5.41, 5.74) is 8.40. The number of furan rings is 1. The largest absolute Gasteiger partial charge is 0.478 e. The predicted molar refractivity (Wildman–Crippen MR) is 143 cm³/mol. The smallest absolute Gasteiger partial charge is 0.253 e. The average molecular weight is 561 g/mol. The molecule has 11 heteroatoms. The Hall–Kier alpha value is -3.40. The summed E-state index contributed by atoms with van der Waals surface area (Å²) in [6.07, 6.45) is 2.09. The molecule has 0 saturated carbocycles. The third-order valence-electron chi connectivity index (χ3n) is 6.68.